The van der Waals surface area contributed by atoms with E-state index in [2.05, 4.69) is 17.2 Å². The van der Waals surface area contributed by atoms with Crippen LogP contribution in [0, 0.1) is 0 Å². The molecule has 2 aromatic carbocycles. The quantitative estimate of drug-likeness (QED) is 0.504. The number of aryl methyl sites for hydroxylation is 2. The molecule has 0 fully saturated rings. The number of nitrogens with one attached hydrogen (secondary N) is 1. The minimum atomic E-state index is -0.458. The minimum Gasteiger partial charge on any atom is -0.496 e. The average Bonchev–Trinajstić information content (AvgIpc) is 3.27. The van der Waals surface area contributed by atoms with Crippen molar-refractivity contribution in [3.8, 4) is 5.75 Å². The maximum Gasteiger partial charge on any atom is 0.248 e. The first kappa shape index (κ1) is 22.5. The number of thiazole rings is 1. The highest BCUT2D eigenvalue weighted by Crippen LogP contribution is 2.24. The number of nitrogens with zero attached hydrogens (tertiary/aromatic N) is 1. The lowest BCUT2D eigenvalue weighted by Crippen LogP contribution is -2.30. The molecule has 7 heteroatoms. The van der Waals surface area contributed by atoms with E-state index in [9.17, 15) is 9.59 Å². The van der Waals surface area contributed by atoms with Crippen molar-refractivity contribution in [3.05, 3.63) is 81.3 Å². The predicted molar refractivity (Wildman–Crippen MR) is 122 cm³/mol. The number of benzene rings is 2. The first-order valence-electron chi connectivity index (χ1n) is 10.2. The van der Waals surface area contributed by atoms with Crippen molar-refractivity contribution in [2.45, 2.75) is 38.6 Å². The zero-order valence-corrected chi connectivity index (χ0v) is 18.6. The van der Waals surface area contributed by atoms with E-state index in [0.29, 0.717) is 24.8 Å². The second-order valence-corrected chi connectivity index (χ2v) is 8.12. The third kappa shape index (κ3) is 6.15. The summed E-state index contributed by atoms with van der Waals surface area (Å²) in [6, 6.07) is 14.6. The number of rotatable bonds is 10. The third-order valence-electron chi connectivity index (χ3n) is 5.06. The average molecular weight is 438 g/mol. The molecule has 0 bridgehead atoms. The number of carbonyl (C=O) groups is 2. The van der Waals surface area contributed by atoms with Crippen molar-refractivity contribution in [2.75, 3.05) is 7.11 Å². The Morgan fingerprint density at radius 2 is 1.90 bits per heavy atom. The Hall–Kier alpha value is -3.19. The molecule has 0 radical (unpaired) electrons. The summed E-state index contributed by atoms with van der Waals surface area (Å²) in [6.45, 7) is 2.06. The lowest BCUT2D eigenvalue weighted by atomic mass is 10.0. The van der Waals surface area contributed by atoms with Crippen LogP contribution in [0.15, 0.2) is 53.9 Å². The van der Waals surface area contributed by atoms with Gasteiger partial charge in [0.25, 0.3) is 0 Å². The van der Waals surface area contributed by atoms with Crippen LogP contribution in [0.25, 0.3) is 0 Å². The lowest BCUT2D eigenvalue weighted by molar-refractivity contribution is -0.121. The van der Waals surface area contributed by atoms with E-state index in [-0.39, 0.29) is 11.9 Å². The molecule has 1 aromatic heterocycles. The smallest absolute Gasteiger partial charge is 0.248 e. The molecular weight excluding hydrogens is 410 g/mol. The zero-order chi connectivity index (χ0) is 22.2. The van der Waals surface area contributed by atoms with Crippen LogP contribution in [0.5, 0.6) is 5.75 Å². The molecule has 1 heterocycles. The molecular formula is C24H27N3O3S. The summed E-state index contributed by atoms with van der Waals surface area (Å²) in [7, 11) is 1.63. The number of para-hydroxylation sites is 1. The van der Waals surface area contributed by atoms with E-state index in [0.717, 1.165) is 34.0 Å². The van der Waals surface area contributed by atoms with Gasteiger partial charge in [-0.2, -0.15) is 0 Å². The van der Waals surface area contributed by atoms with Gasteiger partial charge in [0.1, 0.15) is 10.8 Å². The van der Waals surface area contributed by atoms with E-state index >= 15 is 0 Å². The van der Waals surface area contributed by atoms with Gasteiger partial charge in [-0.05, 0) is 48.6 Å². The van der Waals surface area contributed by atoms with Gasteiger partial charge in [0.05, 0.1) is 18.8 Å². The van der Waals surface area contributed by atoms with Crippen molar-refractivity contribution in [1.82, 2.24) is 10.3 Å². The maximum absolute atomic E-state index is 12.8. The van der Waals surface area contributed by atoms with Crippen LogP contribution < -0.4 is 15.8 Å². The molecule has 3 aromatic rings. The summed E-state index contributed by atoms with van der Waals surface area (Å²) in [6.07, 6.45) is 2.37. The molecule has 162 valence electrons. The first-order valence-corrected chi connectivity index (χ1v) is 11.1. The van der Waals surface area contributed by atoms with Gasteiger partial charge in [-0.15, -0.1) is 11.3 Å². The molecule has 0 saturated heterocycles. The zero-order valence-electron chi connectivity index (χ0n) is 17.8. The van der Waals surface area contributed by atoms with Gasteiger partial charge in [-0.3, -0.25) is 9.59 Å². The van der Waals surface area contributed by atoms with Crippen molar-refractivity contribution in [2.24, 2.45) is 5.73 Å². The first-order chi connectivity index (χ1) is 15.0. The second kappa shape index (κ2) is 10.7. The van der Waals surface area contributed by atoms with Crippen LogP contribution in [0.3, 0.4) is 0 Å². The van der Waals surface area contributed by atoms with Gasteiger partial charge < -0.3 is 15.8 Å². The van der Waals surface area contributed by atoms with Crippen LogP contribution >= 0.6 is 11.3 Å². The largest absolute Gasteiger partial charge is 0.496 e. The van der Waals surface area contributed by atoms with Crippen molar-refractivity contribution >= 4 is 23.2 Å². The summed E-state index contributed by atoms with van der Waals surface area (Å²) in [5, 5.41) is 6.04. The normalized spacial score (nSPS) is 11.7. The summed E-state index contributed by atoms with van der Waals surface area (Å²) >= 11 is 1.55. The molecule has 0 saturated carbocycles. The standard InChI is InChI=1S/C24H27N3O3S/c1-3-19-15-31-24(26-19)20(14-16-8-10-18(11-9-16)23(25)29)27-22(28)13-12-17-6-4-5-7-21(17)30-2/h4-11,15,20H,3,12-14H2,1-2H3,(H2,25,29)(H,27,28). The van der Waals surface area contributed by atoms with E-state index in [4.69, 9.17) is 10.5 Å². The van der Waals surface area contributed by atoms with Crippen LogP contribution in [0.2, 0.25) is 0 Å². The summed E-state index contributed by atoms with van der Waals surface area (Å²) in [5.41, 5.74) is 8.80. The fourth-order valence-electron chi connectivity index (χ4n) is 3.31. The molecule has 31 heavy (non-hydrogen) atoms. The Labute approximate surface area is 186 Å². The number of ether oxygens (including phenoxy) is 1. The molecule has 6 nitrogen and oxygen atoms in total. The molecule has 0 spiro atoms. The van der Waals surface area contributed by atoms with E-state index in [1.807, 2.05) is 41.8 Å². The Morgan fingerprint density at radius 1 is 1.16 bits per heavy atom. The monoisotopic (exact) mass is 437 g/mol. The Bertz CT molecular complexity index is 1030. The highest BCUT2D eigenvalue weighted by atomic mass is 32.1. The van der Waals surface area contributed by atoms with Crippen LogP contribution in [0.1, 0.15) is 51.6 Å². The number of hydrogen-bond donors (Lipinski definition) is 2. The number of amides is 2. The number of hydrogen-bond acceptors (Lipinski definition) is 5. The lowest BCUT2D eigenvalue weighted by Gasteiger charge is -2.17. The molecule has 3 rings (SSSR count). The van der Waals surface area contributed by atoms with Gasteiger partial charge in [0.2, 0.25) is 11.8 Å². The Kier molecular flexibility index (Phi) is 7.78. The van der Waals surface area contributed by atoms with E-state index in [1.54, 1.807) is 30.6 Å². The highest BCUT2D eigenvalue weighted by molar-refractivity contribution is 7.09. The number of carbonyl (C=O) groups excluding carboxylic acids is 2. The van der Waals surface area contributed by atoms with E-state index in [1.165, 1.54) is 0 Å². The summed E-state index contributed by atoms with van der Waals surface area (Å²) in [5.74, 6) is 0.284. The minimum absolute atomic E-state index is 0.0436. The Morgan fingerprint density at radius 3 is 2.55 bits per heavy atom. The topological polar surface area (TPSA) is 94.3 Å². The molecule has 0 aliphatic carbocycles. The Balaban J connectivity index is 1.71. The van der Waals surface area contributed by atoms with Gasteiger partial charge in [-0.25, -0.2) is 4.98 Å². The molecule has 1 unspecified atom stereocenters. The fourth-order valence-corrected chi connectivity index (χ4v) is 4.26. The number of nitrogens with two attached hydrogens (primary N) is 1. The van der Waals surface area contributed by atoms with Crippen molar-refractivity contribution < 1.29 is 14.3 Å². The van der Waals surface area contributed by atoms with Gasteiger partial charge in [0, 0.05) is 17.4 Å². The molecule has 0 aliphatic heterocycles. The third-order valence-corrected chi connectivity index (χ3v) is 6.06. The van der Waals surface area contributed by atoms with Gasteiger partial charge >= 0.3 is 0 Å². The fraction of sp³-hybridized carbons (Fsp3) is 0.292. The SMILES string of the molecule is CCc1csc(C(Cc2ccc(C(N)=O)cc2)NC(=O)CCc2ccccc2OC)n1. The molecule has 3 N–H and O–H groups in total. The van der Waals surface area contributed by atoms with Crippen molar-refractivity contribution in [1.29, 1.82) is 0 Å². The van der Waals surface area contributed by atoms with Crippen LogP contribution in [-0.4, -0.2) is 23.9 Å². The number of aromatic nitrogens is 1. The summed E-state index contributed by atoms with van der Waals surface area (Å²) < 4.78 is 5.38. The molecule has 2 amide bonds. The van der Waals surface area contributed by atoms with Gasteiger partial charge in [-0.1, -0.05) is 37.3 Å². The van der Waals surface area contributed by atoms with Gasteiger partial charge in [0.15, 0.2) is 0 Å². The predicted octanol–water partition coefficient (Wildman–Crippen LogP) is 3.85. The number of methoxy groups -OCH3 is 1. The van der Waals surface area contributed by atoms with Crippen LogP contribution in [-0.2, 0) is 24.1 Å². The molecule has 1 atom stereocenters. The van der Waals surface area contributed by atoms with Crippen LogP contribution in [0.4, 0.5) is 0 Å². The van der Waals surface area contributed by atoms with E-state index < -0.39 is 5.91 Å². The highest BCUT2D eigenvalue weighted by Gasteiger charge is 2.19. The number of primary amides is 1. The maximum atomic E-state index is 12.8. The molecule has 0 aliphatic rings. The second-order valence-electron chi connectivity index (χ2n) is 7.23. The van der Waals surface area contributed by atoms with Crippen molar-refractivity contribution in [3.63, 3.8) is 0 Å². The summed E-state index contributed by atoms with van der Waals surface area (Å²) in [4.78, 5) is 28.8.